The second-order valence-electron chi connectivity index (χ2n) is 4.99. The fraction of sp³-hybridized carbons (Fsp3) is 0.467. The van der Waals surface area contributed by atoms with Gasteiger partial charge in [0, 0.05) is 10.8 Å². The molecule has 2 N–H and O–H groups in total. The van der Waals surface area contributed by atoms with Crippen molar-refractivity contribution in [2.45, 2.75) is 43.3 Å². The Morgan fingerprint density at radius 3 is 3.00 bits per heavy atom. The van der Waals surface area contributed by atoms with Crippen molar-refractivity contribution in [1.29, 1.82) is 0 Å². The van der Waals surface area contributed by atoms with Crippen LogP contribution in [0.3, 0.4) is 0 Å². The predicted octanol–water partition coefficient (Wildman–Crippen LogP) is 3.51. The molecule has 4 nitrogen and oxygen atoms in total. The summed E-state index contributed by atoms with van der Waals surface area (Å²) < 4.78 is 5.32. The first-order chi connectivity index (χ1) is 9.69. The van der Waals surface area contributed by atoms with Crippen LogP contribution in [0, 0.1) is 6.92 Å². The predicted molar refractivity (Wildman–Crippen MR) is 81.7 cm³/mol. The Kier molecular flexibility index (Phi) is 5.61. The minimum Gasteiger partial charge on any atom is -0.339 e. The number of aromatic nitrogens is 2. The molecule has 1 aromatic carbocycles. The van der Waals surface area contributed by atoms with E-state index < -0.39 is 0 Å². The van der Waals surface area contributed by atoms with Crippen molar-refractivity contribution >= 4 is 11.8 Å². The number of nitrogens with zero attached hydrogens (tertiary/aromatic N) is 2. The lowest BCUT2D eigenvalue weighted by molar-refractivity contribution is 0.349. The molecule has 1 atom stereocenters. The molecule has 0 saturated carbocycles. The van der Waals surface area contributed by atoms with Crippen LogP contribution < -0.4 is 5.73 Å². The van der Waals surface area contributed by atoms with Crippen molar-refractivity contribution in [2.24, 2.45) is 5.73 Å². The zero-order chi connectivity index (χ0) is 14.4. The third-order valence-electron chi connectivity index (χ3n) is 3.10. The quantitative estimate of drug-likeness (QED) is 0.791. The molecule has 0 spiro atoms. The third kappa shape index (κ3) is 4.35. The highest BCUT2D eigenvalue weighted by atomic mass is 32.2. The van der Waals surface area contributed by atoms with Gasteiger partial charge in [0.15, 0.2) is 5.82 Å². The second kappa shape index (κ2) is 7.45. The molecule has 0 saturated heterocycles. The summed E-state index contributed by atoms with van der Waals surface area (Å²) in [7, 11) is 0. The number of benzene rings is 1. The number of rotatable bonds is 7. The molecule has 0 fully saturated rings. The van der Waals surface area contributed by atoms with Gasteiger partial charge in [0.2, 0.25) is 5.89 Å². The maximum absolute atomic E-state index is 5.51. The van der Waals surface area contributed by atoms with Gasteiger partial charge in [0.1, 0.15) is 0 Å². The molecular formula is C15H21N3OS. The maximum Gasteiger partial charge on any atom is 0.229 e. The molecule has 1 heterocycles. The Hall–Kier alpha value is -1.33. The van der Waals surface area contributed by atoms with E-state index in [0.717, 1.165) is 30.3 Å². The van der Waals surface area contributed by atoms with Crippen molar-refractivity contribution in [2.75, 3.05) is 6.54 Å². The van der Waals surface area contributed by atoms with E-state index in [1.165, 1.54) is 10.5 Å². The molecule has 108 valence electrons. The molecule has 20 heavy (non-hydrogen) atoms. The Morgan fingerprint density at radius 2 is 2.25 bits per heavy atom. The average Bonchev–Trinajstić information content (AvgIpc) is 2.91. The van der Waals surface area contributed by atoms with E-state index in [1.807, 2.05) is 0 Å². The zero-order valence-electron chi connectivity index (χ0n) is 12.0. The summed E-state index contributed by atoms with van der Waals surface area (Å²) in [5.74, 6) is 2.49. The number of nitrogens with two attached hydrogens (primary N) is 1. The Labute approximate surface area is 124 Å². The molecule has 1 unspecified atom stereocenters. The normalized spacial score (nSPS) is 12.6. The molecule has 2 rings (SSSR count). The Balaban J connectivity index is 1.89. The van der Waals surface area contributed by atoms with Crippen molar-refractivity contribution in [3.05, 3.63) is 41.5 Å². The van der Waals surface area contributed by atoms with Crippen LogP contribution in [0.25, 0.3) is 0 Å². The van der Waals surface area contributed by atoms with E-state index in [4.69, 9.17) is 10.3 Å². The monoisotopic (exact) mass is 291 g/mol. The van der Waals surface area contributed by atoms with Gasteiger partial charge in [-0.2, -0.15) is 4.98 Å². The molecule has 1 aromatic heterocycles. The van der Waals surface area contributed by atoms with Crippen molar-refractivity contribution in [3.63, 3.8) is 0 Å². The third-order valence-corrected chi connectivity index (χ3v) is 4.09. The van der Waals surface area contributed by atoms with E-state index in [0.29, 0.717) is 6.54 Å². The molecule has 0 aliphatic carbocycles. The van der Waals surface area contributed by atoms with Crippen LogP contribution >= 0.6 is 11.8 Å². The van der Waals surface area contributed by atoms with Crippen LogP contribution in [0.1, 0.15) is 43.0 Å². The van der Waals surface area contributed by atoms with Crippen LogP contribution in [0.4, 0.5) is 0 Å². The van der Waals surface area contributed by atoms with E-state index in [-0.39, 0.29) is 5.92 Å². The summed E-state index contributed by atoms with van der Waals surface area (Å²) >= 11 is 1.73. The van der Waals surface area contributed by atoms with Gasteiger partial charge in [0.05, 0.1) is 5.75 Å². The van der Waals surface area contributed by atoms with E-state index in [1.54, 1.807) is 11.8 Å². The number of aryl methyl sites for hydroxylation is 1. The molecule has 0 aliphatic heterocycles. The van der Waals surface area contributed by atoms with Gasteiger partial charge >= 0.3 is 0 Å². The van der Waals surface area contributed by atoms with Gasteiger partial charge in [-0.25, -0.2) is 0 Å². The Bertz CT molecular complexity index is 541. The van der Waals surface area contributed by atoms with Crippen LogP contribution in [0.15, 0.2) is 33.7 Å². The number of hydrogen-bond donors (Lipinski definition) is 1. The summed E-state index contributed by atoms with van der Waals surface area (Å²) in [4.78, 5) is 5.69. The lowest BCUT2D eigenvalue weighted by atomic mass is 10.1. The largest absolute Gasteiger partial charge is 0.339 e. The van der Waals surface area contributed by atoms with Gasteiger partial charge in [-0.3, -0.25) is 0 Å². The van der Waals surface area contributed by atoms with Gasteiger partial charge in [-0.1, -0.05) is 29.8 Å². The molecule has 0 amide bonds. The molecule has 5 heteroatoms. The lowest BCUT2D eigenvalue weighted by Crippen LogP contribution is -2.02. The summed E-state index contributed by atoms with van der Waals surface area (Å²) in [6, 6.07) is 8.42. The highest BCUT2D eigenvalue weighted by Crippen LogP contribution is 2.24. The van der Waals surface area contributed by atoms with Crippen molar-refractivity contribution in [3.8, 4) is 0 Å². The van der Waals surface area contributed by atoms with Crippen molar-refractivity contribution in [1.82, 2.24) is 10.1 Å². The molecule has 2 aromatic rings. The minimum absolute atomic E-state index is 0.281. The fourth-order valence-corrected chi connectivity index (χ4v) is 2.78. The van der Waals surface area contributed by atoms with Crippen LogP contribution in [-0.2, 0) is 5.75 Å². The van der Waals surface area contributed by atoms with E-state index >= 15 is 0 Å². The average molecular weight is 291 g/mol. The first-order valence-electron chi connectivity index (χ1n) is 6.91. The van der Waals surface area contributed by atoms with Crippen molar-refractivity contribution < 1.29 is 4.52 Å². The maximum atomic E-state index is 5.51. The van der Waals surface area contributed by atoms with Crippen LogP contribution in [-0.4, -0.2) is 16.7 Å². The second-order valence-corrected chi connectivity index (χ2v) is 6.03. The molecular weight excluding hydrogens is 270 g/mol. The standard InChI is InChI=1S/C15H21N3OS/c1-11-5-3-7-13(9-11)20-10-14-17-15(19-18-14)12(2)6-4-8-16/h3,5,7,9,12H,4,6,8,10,16H2,1-2H3. The zero-order valence-corrected chi connectivity index (χ0v) is 12.8. The summed E-state index contributed by atoms with van der Waals surface area (Å²) in [5, 5.41) is 4.04. The smallest absolute Gasteiger partial charge is 0.229 e. The summed E-state index contributed by atoms with van der Waals surface area (Å²) in [6.07, 6.45) is 1.97. The SMILES string of the molecule is Cc1cccc(SCc2noc(C(C)CCCN)n2)c1. The minimum atomic E-state index is 0.281. The van der Waals surface area contributed by atoms with Gasteiger partial charge in [-0.15, -0.1) is 11.8 Å². The summed E-state index contributed by atoms with van der Waals surface area (Å²) in [5.41, 5.74) is 6.78. The molecule has 0 radical (unpaired) electrons. The number of thioether (sulfide) groups is 1. The van der Waals surface area contributed by atoms with E-state index in [9.17, 15) is 0 Å². The lowest BCUT2D eigenvalue weighted by Gasteiger charge is -2.03. The first-order valence-corrected chi connectivity index (χ1v) is 7.89. The Morgan fingerprint density at radius 1 is 1.40 bits per heavy atom. The first kappa shape index (κ1) is 15.1. The molecule has 0 aliphatic rings. The summed E-state index contributed by atoms with van der Waals surface area (Å²) in [6.45, 7) is 4.89. The van der Waals surface area contributed by atoms with Gasteiger partial charge in [0.25, 0.3) is 0 Å². The highest BCUT2D eigenvalue weighted by molar-refractivity contribution is 7.98. The van der Waals surface area contributed by atoms with Crippen LogP contribution in [0.5, 0.6) is 0 Å². The topological polar surface area (TPSA) is 64.9 Å². The number of hydrogen-bond acceptors (Lipinski definition) is 5. The van der Waals surface area contributed by atoms with Gasteiger partial charge < -0.3 is 10.3 Å². The van der Waals surface area contributed by atoms with Gasteiger partial charge in [-0.05, 0) is 38.4 Å². The fourth-order valence-electron chi connectivity index (χ4n) is 1.93. The van der Waals surface area contributed by atoms with Crippen LogP contribution in [0.2, 0.25) is 0 Å². The molecule has 0 bridgehead atoms. The van der Waals surface area contributed by atoms with E-state index in [2.05, 4.69) is 48.3 Å². The highest BCUT2D eigenvalue weighted by Gasteiger charge is 2.13.